The number of amides is 2. The Kier molecular flexibility index (Phi) is 7.67. The summed E-state index contributed by atoms with van der Waals surface area (Å²) in [7, 11) is 2.01. The van der Waals surface area contributed by atoms with E-state index in [0.717, 1.165) is 50.3 Å². The van der Waals surface area contributed by atoms with Crippen molar-refractivity contribution in [1.29, 1.82) is 0 Å². The van der Waals surface area contributed by atoms with Gasteiger partial charge in [0.15, 0.2) is 0 Å². The average molecular weight is 506 g/mol. The SMILES string of the molecule is CC(=O)N1CCCC(Nc2ccc3c(c2)N(C)CCN(C[C@H](O)CN2CCc4ccccc4C2)C3=O)C1. The fraction of sp³-hybridized carbons (Fsp3) is 0.517. The van der Waals surface area contributed by atoms with Crippen molar-refractivity contribution >= 4 is 23.2 Å². The monoisotopic (exact) mass is 505 g/mol. The van der Waals surface area contributed by atoms with Gasteiger partial charge in [0.2, 0.25) is 5.91 Å². The number of carbonyl (C=O) groups is 2. The van der Waals surface area contributed by atoms with Crippen LogP contribution in [0.4, 0.5) is 11.4 Å². The highest BCUT2D eigenvalue weighted by Crippen LogP contribution is 2.29. The second-order valence-corrected chi connectivity index (χ2v) is 10.8. The van der Waals surface area contributed by atoms with E-state index in [-0.39, 0.29) is 17.9 Å². The fourth-order valence-electron chi connectivity index (χ4n) is 5.89. The van der Waals surface area contributed by atoms with Crippen LogP contribution in [0.15, 0.2) is 42.5 Å². The average Bonchev–Trinajstić information content (AvgIpc) is 3.00. The Balaban J connectivity index is 1.22. The lowest BCUT2D eigenvalue weighted by Crippen LogP contribution is -2.44. The minimum Gasteiger partial charge on any atom is -0.390 e. The van der Waals surface area contributed by atoms with Crippen LogP contribution < -0.4 is 10.2 Å². The third kappa shape index (κ3) is 5.91. The molecule has 1 fully saturated rings. The zero-order valence-electron chi connectivity index (χ0n) is 22.0. The van der Waals surface area contributed by atoms with Crippen molar-refractivity contribution in [1.82, 2.24) is 14.7 Å². The molecule has 0 saturated carbocycles. The summed E-state index contributed by atoms with van der Waals surface area (Å²) >= 11 is 0. The Labute approximate surface area is 219 Å². The summed E-state index contributed by atoms with van der Waals surface area (Å²) < 4.78 is 0. The number of nitrogens with one attached hydrogen (secondary N) is 1. The number of likely N-dealkylation sites (tertiary alicyclic amines) is 1. The molecule has 2 N–H and O–H groups in total. The molecule has 0 aliphatic carbocycles. The minimum atomic E-state index is -0.600. The fourth-order valence-corrected chi connectivity index (χ4v) is 5.89. The van der Waals surface area contributed by atoms with Crippen molar-refractivity contribution in [2.45, 2.75) is 44.9 Å². The summed E-state index contributed by atoms with van der Waals surface area (Å²) in [6.07, 6.45) is 2.40. The predicted octanol–water partition coefficient (Wildman–Crippen LogP) is 2.42. The summed E-state index contributed by atoms with van der Waals surface area (Å²) in [5, 5.41) is 14.5. The van der Waals surface area contributed by atoms with Gasteiger partial charge in [0.05, 0.1) is 17.4 Å². The zero-order chi connectivity index (χ0) is 25.9. The van der Waals surface area contributed by atoms with E-state index < -0.39 is 6.10 Å². The van der Waals surface area contributed by atoms with Crippen molar-refractivity contribution in [3.8, 4) is 0 Å². The maximum atomic E-state index is 13.5. The molecule has 8 heteroatoms. The third-order valence-electron chi connectivity index (χ3n) is 7.98. The number of aliphatic hydroxyl groups excluding tert-OH is 1. The van der Waals surface area contributed by atoms with Crippen LogP contribution in [0.3, 0.4) is 0 Å². The molecule has 3 heterocycles. The first kappa shape index (κ1) is 25.5. The Hall–Kier alpha value is -3.10. The Morgan fingerprint density at radius 3 is 2.70 bits per heavy atom. The molecule has 0 spiro atoms. The number of β-amino-alcohol motifs (C(OH)–C–C–N with tert-alkyl or cyclic N) is 1. The van der Waals surface area contributed by atoms with Gasteiger partial charge in [-0.2, -0.15) is 0 Å². The second-order valence-electron chi connectivity index (χ2n) is 10.8. The van der Waals surface area contributed by atoms with Gasteiger partial charge >= 0.3 is 0 Å². The highest BCUT2D eigenvalue weighted by molar-refractivity contribution is 6.01. The van der Waals surface area contributed by atoms with E-state index in [0.29, 0.717) is 38.3 Å². The van der Waals surface area contributed by atoms with Crippen LogP contribution in [0.25, 0.3) is 0 Å². The lowest BCUT2D eigenvalue weighted by Gasteiger charge is -2.33. The van der Waals surface area contributed by atoms with Gasteiger partial charge in [-0.15, -0.1) is 0 Å². The number of piperidine rings is 1. The molecule has 1 saturated heterocycles. The summed E-state index contributed by atoms with van der Waals surface area (Å²) in [6.45, 7) is 7.07. The number of fused-ring (bicyclic) bond motifs is 2. The summed E-state index contributed by atoms with van der Waals surface area (Å²) in [4.78, 5) is 33.4. The van der Waals surface area contributed by atoms with Crippen LogP contribution in [0.2, 0.25) is 0 Å². The first-order chi connectivity index (χ1) is 17.9. The van der Waals surface area contributed by atoms with Crippen LogP contribution in [-0.4, -0.2) is 96.6 Å². The summed E-state index contributed by atoms with van der Waals surface area (Å²) in [6, 6.07) is 14.6. The molecule has 1 unspecified atom stereocenters. The van der Waals surface area contributed by atoms with Crippen LogP contribution in [-0.2, 0) is 17.8 Å². The number of anilines is 2. The van der Waals surface area contributed by atoms with E-state index in [1.54, 1.807) is 11.8 Å². The third-order valence-corrected chi connectivity index (χ3v) is 7.98. The second kappa shape index (κ2) is 11.1. The maximum absolute atomic E-state index is 13.5. The van der Waals surface area contributed by atoms with Gasteiger partial charge < -0.3 is 25.1 Å². The highest BCUT2D eigenvalue weighted by atomic mass is 16.3. The Morgan fingerprint density at radius 1 is 1.08 bits per heavy atom. The number of aliphatic hydroxyl groups is 1. The molecule has 198 valence electrons. The molecular formula is C29H39N5O3. The molecule has 3 aliphatic rings. The lowest BCUT2D eigenvalue weighted by atomic mass is 10.00. The van der Waals surface area contributed by atoms with Crippen LogP contribution >= 0.6 is 0 Å². The highest BCUT2D eigenvalue weighted by Gasteiger charge is 2.28. The number of likely N-dealkylation sites (N-methyl/N-ethyl adjacent to an activating group) is 1. The van der Waals surface area contributed by atoms with Crippen molar-refractivity contribution in [2.75, 3.05) is 63.1 Å². The Morgan fingerprint density at radius 2 is 1.89 bits per heavy atom. The van der Waals surface area contributed by atoms with Crippen LogP contribution in [0, 0.1) is 0 Å². The summed E-state index contributed by atoms with van der Waals surface area (Å²) in [5.74, 6) is 0.0838. The minimum absolute atomic E-state index is 0.0330. The van der Waals surface area contributed by atoms with Gasteiger partial charge in [0.1, 0.15) is 0 Å². The molecule has 37 heavy (non-hydrogen) atoms. The molecular weight excluding hydrogens is 466 g/mol. The number of nitrogens with zero attached hydrogens (tertiary/aromatic N) is 4. The van der Waals surface area contributed by atoms with Gasteiger partial charge in [0.25, 0.3) is 5.91 Å². The van der Waals surface area contributed by atoms with E-state index in [4.69, 9.17) is 0 Å². The van der Waals surface area contributed by atoms with Crippen LogP contribution in [0.5, 0.6) is 0 Å². The van der Waals surface area contributed by atoms with Gasteiger partial charge in [-0.3, -0.25) is 14.5 Å². The molecule has 2 amide bonds. The van der Waals surface area contributed by atoms with Crippen molar-refractivity contribution < 1.29 is 14.7 Å². The van der Waals surface area contributed by atoms with E-state index in [9.17, 15) is 14.7 Å². The number of rotatable bonds is 6. The maximum Gasteiger partial charge on any atom is 0.256 e. The van der Waals surface area contributed by atoms with E-state index >= 15 is 0 Å². The van der Waals surface area contributed by atoms with Crippen molar-refractivity contribution in [3.63, 3.8) is 0 Å². The first-order valence-corrected chi connectivity index (χ1v) is 13.5. The molecule has 2 aromatic carbocycles. The van der Waals surface area contributed by atoms with Crippen molar-refractivity contribution in [3.05, 3.63) is 59.2 Å². The molecule has 2 aromatic rings. The van der Waals surface area contributed by atoms with E-state index in [2.05, 4.69) is 39.4 Å². The first-order valence-electron chi connectivity index (χ1n) is 13.5. The van der Waals surface area contributed by atoms with Gasteiger partial charge in [-0.25, -0.2) is 0 Å². The predicted molar refractivity (Wildman–Crippen MR) is 146 cm³/mol. The molecule has 8 nitrogen and oxygen atoms in total. The quantitative estimate of drug-likeness (QED) is 0.628. The largest absolute Gasteiger partial charge is 0.390 e. The lowest BCUT2D eigenvalue weighted by molar-refractivity contribution is -0.129. The standard InChI is InChI=1S/C29H39N5O3/c1-21(35)33-12-5-8-25(18-33)30-24-9-10-27-28(16-24)31(2)14-15-34(29(27)37)20-26(36)19-32-13-11-22-6-3-4-7-23(22)17-32/h3-4,6-7,9-10,16,25-26,30,36H,5,8,11-15,17-20H2,1-2H3/t25?,26-/m1/s1. The molecule has 0 bridgehead atoms. The number of carbonyl (C=O) groups excluding carboxylic acids is 2. The number of benzene rings is 2. The number of hydrogen-bond acceptors (Lipinski definition) is 6. The molecule has 2 atom stereocenters. The molecule has 3 aliphatic heterocycles. The molecule has 0 aromatic heterocycles. The molecule has 0 radical (unpaired) electrons. The summed E-state index contributed by atoms with van der Waals surface area (Å²) in [5.41, 5.74) is 5.25. The molecule has 5 rings (SSSR count). The number of hydrogen-bond donors (Lipinski definition) is 2. The normalized spacial score (nSPS) is 21.2. The van der Waals surface area contributed by atoms with Crippen LogP contribution in [0.1, 0.15) is 41.3 Å². The van der Waals surface area contributed by atoms with E-state index in [1.165, 1.54) is 11.1 Å². The Bertz CT molecular complexity index is 1140. The van der Waals surface area contributed by atoms with Crippen molar-refractivity contribution in [2.24, 2.45) is 0 Å². The van der Waals surface area contributed by atoms with Gasteiger partial charge in [-0.1, -0.05) is 24.3 Å². The smallest absolute Gasteiger partial charge is 0.256 e. The van der Waals surface area contributed by atoms with Gasteiger partial charge in [0, 0.05) is 78.1 Å². The van der Waals surface area contributed by atoms with E-state index in [1.807, 2.05) is 30.1 Å². The van der Waals surface area contributed by atoms with Gasteiger partial charge in [-0.05, 0) is 48.6 Å². The zero-order valence-corrected chi connectivity index (χ0v) is 22.0. The topological polar surface area (TPSA) is 79.4 Å².